The van der Waals surface area contributed by atoms with Crippen LogP contribution in [0.2, 0.25) is 0 Å². The summed E-state index contributed by atoms with van der Waals surface area (Å²) in [4.78, 5) is 24.2. The summed E-state index contributed by atoms with van der Waals surface area (Å²) in [6.45, 7) is 4.96. The highest BCUT2D eigenvalue weighted by atomic mass is 16.5. The predicted molar refractivity (Wildman–Crippen MR) is 126 cm³/mol. The van der Waals surface area contributed by atoms with Crippen molar-refractivity contribution in [2.24, 2.45) is 0 Å². The van der Waals surface area contributed by atoms with Gasteiger partial charge in [-0.25, -0.2) is 0 Å². The number of nitrogens with one attached hydrogen (secondary N) is 2. The van der Waals surface area contributed by atoms with Crippen LogP contribution in [0.15, 0.2) is 78.9 Å². The predicted octanol–water partition coefficient (Wildman–Crippen LogP) is 4.60. The fraction of sp³-hybridized carbons (Fsp3) is 0.259. The van der Waals surface area contributed by atoms with Gasteiger partial charge in [0, 0.05) is 13.5 Å². The van der Waals surface area contributed by atoms with E-state index in [1.54, 1.807) is 0 Å². The lowest BCUT2D eigenvalue weighted by molar-refractivity contribution is -0.122. The SMILES string of the molecule is CC(=O)NC(CC(=O)NCc1cccc(COCc2ccccc2)c1)c1ccc(C)cc1. The van der Waals surface area contributed by atoms with Gasteiger partial charge in [0.05, 0.1) is 25.7 Å². The van der Waals surface area contributed by atoms with Crippen molar-refractivity contribution in [2.75, 3.05) is 0 Å². The van der Waals surface area contributed by atoms with Crippen LogP contribution in [0.1, 0.15) is 47.2 Å². The Morgan fingerprint density at radius 2 is 1.50 bits per heavy atom. The molecule has 0 aromatic heterocycles. The molecule has 0 heterocycles. The van der Waals surface area contributed by atoms with Gasteiger partial charge < -0.3 is 15.4 Å². The fourth-order valence-electron chi connectivity index (χ4n) is 3.44. The second kappa shape index (κ2) is 11.8. The smallest absolute Gasteiger partial charge is 0.222 e. The summed E-state index contributed by atoms with van der Waals surface area (Å²) in [5, 5.41) is 5.84. The van der Waals surface area contributed by atoms with Gasteiger partial charge in [0.25, 0.3) is 0 Å². The number of ether oxygens (including phenoxy) is 1. The van der Waals surface area contributed by atoms with Crippen LogP contribution in [0.4, 0.5) is 0 Å². The van der Waals surface area contributed by atoms with E-state index in [1.807, 2.05) is 85.8 Å². The molecule has 5 heteroatoms. The average Bonchev–Trinajstić information content (AvgIpc) is 2.78. The van der Waals surface area contributed by atoms with Crippen molar-refractivity contribution in [3.05, 3.63) is 107 Å². The molecule has 0 aliphatic heterocycles. The van der Waals surface area contributed by atoms with Crippen molar-refractivity contribution in [2.45, 2.75) is 46.1 Å². The lowest BCUT2D eigenvalue weighted by atomic mass is 10.0. The minimum atomic E-state index is -0.356. The van der Waals surface area contributed by atoms with E-state index in [-0.39, 0.29) is 24.3 Å². The van der Waals surface area contributed by atoms with Crippen LogP contribution in [0.25, 0.3) is 0 Å². The summed E-state index contributed by atoms with van der Waals surface area (Å²) >= 11 is 0. The summed E-state index contributed by atoms with van der Waals surface area (Å²) in [5.74, 6) is -0.276. The monoisotopic (exact) mass is 430 g/mol. The van der Waals surface area contributed by atoms with Gasteiger partial charge in [-0.05, 0) is 29.2 Å². The molecule has 0 aliphatic rings. The highest BCUT2D eigenvalue weighted by Gasteiger charge is 2.17. The maximum Gasteiger partial charge on any atom is 0.222 e. The first-order valence-corrected chi connectivity index (χ1v) is 10.8. The third-order valence-corrected chi connectivity index (χ3v) is 5.11. The molecule has 0 saturated carbocycles. The summed E-state index contributed by atoms with van der Waals surface area (Å²) in [7, 11) is 0. The standard InChI is InChI=1S/C27H30N2O3/c1-20-11-13-25(14-12-20)26(29-21(2)30)16-27(31)28-17-23-9-6-10-24(15-23)19-32-18-22-7-4-3-5-8-22/h3-15,26H,16-19H2,1-2H3,(H,28,31)(H,29,30). The Kier molecular flexibility index (Phi) is 8.58. The largest absolute Gasteiger partial charge is 0.372 e. The van der Waals surface area contributed by atoms with Crippen LogP contribution in [-0.2, 0) is 34.1 Å². The molecular weight excluding hydrogens is 400 g/mol. The molecule has 1 atom stereocenters. The van der Waals surface area contributed by atoms with Crippen LogP contribution >= 0.6 is 0 Å². The number of carbonyl (C=O) groups excluding carboxylic acids is 2. The molecule has 1 unspecified atom stereocenters. The van der Waals surface area contributed by atoms with Crippen molar-refractivity contribution in [1.29, 1.82) is 0 Å². The van der Waals surface area contributed by atoms with E-state index in [0.29, 0.717) is 19.8 Å². The molecule has 5 nitrogen and oxygen atoms in total. The number of benzene rings is 3. The Bertz CT molecular complexity index is 1020. The molecule has 32 heavy (non-hydrogen) atoms. The van der Waals surface area contributed by atoms with Crippen molar-refractivity contribution < 1.29 is 14.3 Å². The van der Waals surface area contributed by atoms with Crippen LogP contribution in [0.5, 0.6) is 0 Å². The highest BCUT2D eigenvalue weighted by molar-refractivity contribution is 5.79. The molecule has 0 bridgehead atoms. The Morgan fingerprint density at radius 3 is 2.22 bits per heavy atom. The zero-order valence-corrected chi connectivity index (χ0v) is 18.6. The van der Waals surface area contributed by atoms with Crippen LogP contribution in [0, 0.1) is 6.92 Å². The van der Waals surface area contributed by atoms with Gasteiger partial charge in [-0.2, -0.15) is 0 Å². The molecule has 0 spiro atoms. The first kappa shape index (κ1) is 23.2. The van der Waals surface area contributed by atoms with Gasteiger partial charge >= 0.3 is 0 Å². The highest BCUT2D eigenvalue weighted by Crippen LogP contribution is 2.18. The zero-order valence-electron chi connectivity index (χ0n) is 18.6. The number of amides is 2. The first-order valence-electron chi connectivity index (χ1n) is 10.8. The van der Waals surface area contributed by atoms with Crippen molar-refractivity contribution in [1.82, 2.24) is 10.6 Å². The number of rotatable bonds is 10. The van der Waals surface area contributed by atoms with E-state index in [1.165, 1.54) is 6.92 Å². The third kappa shape index (κ3) is 7.67. The minimum absolute atomic E-state index is 0.116. The van der Waals surface area contributed by atoms with Crippen LogP contribution < -0.4 is 10.6 Å². The molecule has 166 valence electrons. The summed E-state index contributed by atoms with van der Waals surface area (Å²) in [5.41, 5.74) is 5.25. The minimum Gasteiger partial charge on any atom is -0.372 e. The topological polar surface area (TPSA) is 67.4 Å². The molecule has 2 N–H and O–H groups in total. The lowest BCUT2D eigenvalue weighted by Crippen LogP contribution is -2.32. The molecule has 3 rings (SSSR count). The molecular formula is C27H30N2O3. The maximum absolute atomic E-state index is 12.6. The molecule has 3 aromatic carbocycles. The maximum atomic E-state index is 12.6. The number of aryl methyl sites for hydroxylation is 1. The molecule has 0 fully saturated rings. The fourth-order valence-corrected chi connectivity index (χ4v) is 3.44. The normalized spacial score (nSPS) is 11.6. The van der Waals surface area contributed by atoms with Crippen LogP contribution in [0.3, 0.4) is 0 Å². The quantitative estimate of drug-likeness (QED) is 0.494. The number of hydrogen-bond acceptors (Lipinski definition) is 3. The van der Waals surface area contributed by atoms with Crippen LogP contribution in [-0.4, -0.2) is 11.8 Å². The van der Waals surface area contributed by atoms with E-state index in [9.17, 15) is 9.59 Å². The van der Waals surface area contributed by atoms with Gasteiger partial charge in [0.1, 0.15) is 0 Å². The Hall–Kier alpha value is -3.44. The zero-order chi connectivity index (χ0) is 22.8. The van der Waals surface area contributed by atoms with Crippen molar-refractivity contribution in [3.63, 3.8) is 0 Å². The summed E-state index contributed by atoms with van der Waals surface area (Å²) in [6, 6.07) is 25.6. The number of carbonyl (C=O) groups is 2. The second-order valence-electron chi connectivity index (χ2n) is 7.94. The lowest BCUT2D eigenvalue weighted by Gasteiger charge is -2.18. The van der Waals surface area contributed by atoms with Gasteiger partial charge in [-0.15, -0.1) is 0 Å². The second-order valence-corrected chi connectivity index (χ2v) is 7.94. The summed E-state index contributed by atoms with van der Waals surface area (Å²) < 4.78 is 5.81. The van der Waals surface area contributed by atoms with E-state index >= 15 is 0 Å². The van der Waals surface area contributed by atoms with E-state index < -0.39 is 0 Å². The van der Waals surface area contributed by atoms with Crippen molar-refractivity contribution in [3.8, 4) is 0 Å². The Balaban J connectivity index is 1.51. The Labute approximate surface area is 189 Å². The molecule has 2 amide bonds. The van der Waals surface area contributed by atoms with E-state index in [0.717, 1.165) is 27.8 Å². The van der Waals surface area contributed by atoms with E-state index in [2.05, 4.69) is 10.6 Å². The molecule has 3 aromatic rings. The van der Waals surface area contributed by atoms with Gasteiger partial charge in [0.2, 0.25) is 11.8 Å². The van der Waals surface area contributed by atoms with Gasteiger partial charge in [0.15, 0.2) is 0 Å². The molecule has 0 radical (unpaired) electrons. The molecule has 0 saturated heterocycles. The average molecular weight is 431 g/mol. The van der Waals surface area contributed by atoms with Crippen molar-refractivity contribution >= 4 is 11.8 Å². The summed E-state index contributed by atoms with van der Waals surface area (Å²) in [6.07, 6.45) is 0.183. The first-order chi connectivity index (χ1) is 15.5. The third-order valence-electron chi connectivity index (χ3n) is 5.11. The number of hydrogen-bond donors (Lipinski definition) is 2. The molecule has 0 aliphatic carbocycles. The van der Waals surface area contributed by atoms with Gasteiger partial charge in [-0.3, -0.25) is 9.59 Å². The van der Waals surface area contributed by atoms with E-state index in [4.69, 9.17) is 4.74 Å². The van der Waals surface area contributed by atoms with Gasteiger partial charge in [-0.1, -0.05) is 84.4 Å². The Morgan fingerprint density at radius 1 is 0.844 bits per heavy atom.